The summed E-state index contributed by atoms with van der Waals surface area (Å²) in [6.45, 7) is 1.25. The predicted molar refractivity (Wildman–Crippen MR) is 62.0 cm³/mol. The van der Waals surface area contributed by atoms with Crippen LogP contribution in [0.5, 0.6) is 0 Å². The zero-order valence-corrected chi connectivity index (χ0v) is 10.6. The molecule has 0 spiro atoms. The Bertz CT molecular complexity index is 359. The number of hydrogen-bond acceptors (Lipinski definition) is 4. The molecule has 0 bridgehead atoms. The lowest BCUT2D eigenvalue weighted by molar-refractivity contribution is -0.141. The maximum Gasteiger partial charge on any atom is 0.324 e. The fourth-order valence-electron chi connectivity index (χ4n) is 2.00. The molecule has 0 amide bonds. The summed E-state index contributed by atoms with van der Waals surface area (Å²) in [5.74, 6) is -1.36. The SMILES string of the molecule is C[C@@H](O)[C@H](NS(=O)(=O)C1CCCCC1)C(=O)O. The summed E-state index contributed by atoms with van der Waals surface area (Å²) in [6.07, 6.45) is 2.56. The van der Waals surface area contributed by atoms with E-state index in [4.69, 9.17) is 5.11 Å². The van der Waals surface area contributed by atoms with E-state index in [1.807, 2.05) is 0 Å². The molecule has 0 aromatic heterocycles. The Morgan fingerprint density at radius 2 is 1.82 bits per heavy atom. The molecule has 1 aliphatic carbocycles. The molecule has 2 atom stereocenters. The fraction of sp³-hybridized carbons (Fsp3) is 0.900. The molecule has 0 heterocycles. The number of carboxylic acid groups (broad SMARTS) is 1. The number of hydrogen-bond donors (Lipinski definition) is 3. The molecule has 0 saturated heterocycles. The molecule has 1 fully saturated rings. The van der Waals surface area contributed by atoms with Gasteiger partial charge in [-0.1, -0.05) is 19.3 Å². The van der Waals surface area contributed by atoms with Crippen LogP contribution in [-0.4, -0.2) is 42.0 Å². The number of aliphatic hydroxyl groups is 1. The van der Waals surface area contributed by atoms with E-state index in [-0.39, 0.29) is 0 Å². The maximum atomic E-state index is 11.9. The van der Waals surface area contributed by atoms with Gasteiger partial charge >= 0.3 is 5.97 Å². The number of nitrogens with one attached hydrogen (secondary N) is 1. The molecule has 1 saturated carbocycles. The van der Waals surface area contributed by atoms with Crippen LogP contribution >= 0.6 is 0 Å². The molecule has 1 aliphatic rings. The molecule has 0 unspecified atom stereocenters. The van der Waals surface area contributed by atoms with E-state index in [1.54, 1.807) is 0 Å². The molecule has 0 aliphatic heterocycles. The molecular formula is C10H19NO5S. The highest BCUT2D eigenvalue weighted by Gasteiger charge is 2.33. The smallest absolute Gasteiger partial charge is 0.324 e. The van der Waals surface area contributed by atoms with Gasteiger partial charge in [-0.2, -0.15) is 4.72 Å². The van der Waals surface area contributed by atoms with Gasteiger partial charge in [-0.05, 0) is 19.8 Å². The normalized spacial score (nSPS) is 22.0. The molecule has 0 aromatic carbocycles. The van der Waals surface area contributed by atoms with Gasteiger partial charge in [-0.25, -0.2) is 8.42 Å². The van der Waals surface area contributed by atoms with Gasteiger partial charge in [-0.3, -0.25) is 4.79 Å². The topological polar surface area (TPSA) is 104 Å². The number of carbonyl (C=O) groups is 1. The Kier molecular flexibility index (Phi) is 4.91. The van der Waals surface area contributed by atoms with E-state index in [0.29, 0.717) is 12.8 Å². The standard InChI is InChI=1S/C10H19NO5S/c1-7(12)9(10(13)14)11-17(15,16)8-5-3-2-4-6-8/h7-9,11-12H,2-6H2,1H3,(H,13,14)/t7-,9+/m1/s1. The van der Waals surface area contributed by atoms with Gasteiger partial charge in [-0.15, -0.1) is 0 Å². The van der Waals surface area contributed by atoms with Crippen LogP contribution in [0.15, 0.2) is 0 Å². The number of aliphatic carboxylic acids is 1. The van der Waals surface area contributed by atoms with Crippen LogP contribution in [0.3, 0.4) is 0 Å². The van der Waals surface area contributed by atoms with Crippen molar-refractivity contribution in [3.63, 3.8) is 0 Å². The van der Waals surface area contributed by atoms with Crippen molar-refractivity contribution in [2.45, 2.75) is 56.4 Å². The Labute approximate surface area is 101 Å². The van der Waals surface area contributed by atoms with Crippen molar-refractivity contribution in [3.8, 4) is 0 Å². The van der Waals surface area contributed by atoms with E-state index < -0.39 is 33.4 Å². The van der Waals surface area contributed by atoms with Crippen LogP contribution in [0.1, 0.15) is 39.0 Å². The van der Waals surface area contributed by atoms with E-state index in [1.165, 1.54) is 6.92 Å². The van der Waals surface area contributed by atoms with Gasteiger partial charge in [0.15, 0.2) is 0 Å². The number of aliphatic hydroxyl groups excluding tert-OH is 1. The summed E-state index contributed by atoms with van der Waals surface area (Å²) < 4.78 is 25.9. The van der Waals surface area contributed by atoms with Gasteiger partial charge in [0.1, 0.15) is 6.04 Å². The molecule has 3 N–H and O–H groups in total. The van der Waals surface area contributed by atoms with Crippen molar-refractivity contribution in [2.24, 2.45) is 0 Å². The minimum absolute atomic E-state index is 0.531. The highest BCUT2D eigenvalue weighted by molar-refractivity contribution is 7.90. The summed E-state index contributed by atoms with van der Waals surface area (Å²) in [4.78, 5) is 10.8. The Morgan fingerprint density at radius 1 is 1.29 bits per heavy atom. The largest absolute Gasteiger partial charge is 0.480 e. The van der Waals surface area contributed by atoms with Gasteiger partial charge in [0.2, 0.25) is 10.0 Å². The Morgan fingerprint density at radius 3 is 2.24 bits per heavy atom. The fourth-order valence-corrected chi connectivity index (χ4v) is 3.80. The van der Waals surface area contributed by atoms with Crippen LogP contribution < -0.4 is 4.72 Å². The monoisotopic (exact) mass is 265 g/mol. The van der Waals surface area contributed by atoms with Crippen LogP contribution in [0.4, 0.5) is 0 Å². The Hall–Kier alpha value is -0.660. The van der Waals surface area contributed by atoms with Gasteiger partial charge < -0.3 is 10.2 Å². The van der Waals surface area contributed by atoms with Crippen molar-refractivity contribution in [1.29, 1.82) is 0 Å². The van der Waals surface area contributed by atoms with Crippen molar-refractivity contribution in [1.82, 2.24) is 4.72 Å². The summed E-state index contributed by atoms with van der Waals surface area (Å²) in [7, 11) is -3.66. The number of rotatable bonds is 5. The second-order valence-corrected chi connectivity index (χ2v) is 6.47. The van der Waals surface area contributed by atoms with E-state index in [2.05, 4.69) is 4.72 Å². The lowest BCUT2D eigenvalue weighted by Crippen LogP contribution is -2.50. The van der Waals surface area contributed by atoms with E-state index in [0.717, 1.165) is 19.3 Å². The molecule has 100 valence electrons. The maximum absolute atomic E-state index is 11.9. The average molecular weight is 265 g/mol. The molecule has 1 rings (SSSR count). The second kappa shape index (κ2) is 5.79. The average Bonchev–Trinajstić information content (AvgIpc) is 2.26. The van der Waals surface area contributed by atoms with Gasteiger partial charge in [0, 0.05) is 0 Å². The van der Waals surface area contributed by atoms with Crippen LogP contribution in [0, 0.1) is 0 Å². The van der Waals surface area contributed by atoms with Crippen LogP contribution in [-0.2, 0) is 14.8 Å². The first-order chi connectivity index (χ1) is 7.84. The molecule has 17 heavy (non-hydrogen) atoms. The van der Waals surface area contributed by atoms with Crippen molar-refractivity contribution in [3.05, 3.63) is 0 Å². The minimum Gasteiger partial charge on any atom is -0.480 e. The summed E-state index contributed by atoms with van der Waals surface area (Å²) in [5, 5.41) is 17.5. The molecule has 6 nitrogen and oxygen atoms in total. The number of carboxylic acids is 1. The van der Waals surface area contributed by atoms with Crippen LogP contribution in [0.25, 0.3) is 0 Å². The third-order valence-corrected chi connectivity index (χ3v) is 4.96. The van der Waals surface area contributed by atoms with Gasteiger partial charge in [0.05, 0.1) is 11.4 Å². The van der Waals surface area contributed by atoms with Crippen LogP contribution in [0.2, 0.25) is 0 Å². The van der Waals surface area contributed by atoms with Crippen molar-refractivity contribution in [2.75, 3.05) is 0 Å². The highest BCUT2D eigenvalue weighted by atomic mass is 32.2. The Balaban J connectivity index is 2.73. The molecule has 0 aromatic rings. The third-order valence-electron chi connectivity index (χ3n) is 3.03. The number of sulfonamides is 1. The second-order valence-electron chi connectivity index (χ2n) is 4.48. The first kappa shape index (κ1) is 14.4. The minimum atomic E-state index is -3.66. The van der Waals surface area contributed by atoms with Crippen molar-refractivity contribution >= 4 is 16.0 Å². The first-order valence-corrected chi connectivity index (χ1v) is 7.31. The lowest BCUT2D eigenvalue weighted by Gasteiger charge is -2.25. The molecular weight excluding hydrogens is 246 g/mol. The molecule has 0 radical (unpaired) electrons. The zero-order chi connectivity index (χ0) is 13.1. The van der Waals surface area contributed by atoms with Gasteiger partial charge in [0.25, 0.3) is 0 Å². The molecule has 7 heteroatoms. The first-order valence-electron chi connectivity index (χ1n) is 5.76. The zero-order valence-electron chi connectivity index (χ0n) is 9.80. The predicted octanol–water partition coefficient (Wildman–Crippen LogP) is 0.0725. The lowest BCUT2D eigenvalue weighted by atomic mass is 10.0. The van der Waals surface area contributed by atoms with Crippen molar-refractivity contribution < 1.29 is 23.4 Å². The summed E-state index contributed by atoms with van der Waals surface area (Å²) in [6, 6.07) is -1.47. The van der Waals surface area contributed by atoms with E-state index in [9.17, 15) is 18.3 Å². The summed E-state index contributed by atoms with van der Waals surface area (Å²) >= 11 is 0. The van der Waals surface area contributed by atoms with E-state index >= 15 is 0 Å². The highest BCUT2D eigenvalue weighted by Crippen LogP contribution is 2.23. The third kappa shape index (κ3) is 3.93. The quantitative estimate of drug-likeness (QED) is 0.652. The summed E-state index contributed by atoms with van der Waals surface area (Å²) in [5.41, 5.74) is 0.